The Morgan fingerprint density at radius 1 is 1.22 bits per heavy atom. The number of alkyl halides is 1. The lowest BCUT2D eigenvalue weighted by atomic mass is 10.0. The summed E-state index contributed by atoms with van der Waals surface area (Å²) in [6, 6.07) is 1.53. The predicted molar refractivity (Wildman–Crippen MR) is 78.7 cm³/mol. The molecule has 1 heterocycles. The molecule has 1 fully saturated rings. The second kappa shape index (κ2) is 7.21. The minimum absolute atomic E-state index is 0.123. The van der Waals surface area contributed by atoms with E-state index in [2.05, 4.69) is 5.32 Å². The number of nitrogens with zero attached hydrogens (tertiary/aromatic N) is 1. The highest BCUT2D eigenvalue weighted by Crippen LogP contribution is 2.19. The van der Waals surface area contributed by atoms with E-state index >= 15 is 0 Å². The fraction of sp³-hybridized carbons (Fsp3) is 0.467. The lowest BCUT2D eigenvalue weighted by molar-refractivity contribution is -0.121. The van der Waals surface area contributed by atoms with Crippen LogP contribution in [0.3, 0.4) is 0 Å². The molecule has 126 valence electrons. The van der Waals surface area contributed by atoms with Crippen molar-refractivity contribution in [1.29, 1.82) is 0 Å². The second-order valence-corrected chi connectivity index (χ2v) is 6.07. The maximum absolute atomic E-state index is 13.7. The number of carbonyl (C=O) groups is 2. The third-order valence-electron chi connectivity index (χ3n) is 3.76. The molecule has 0 radical (unpaired) electrons. The maximum atomic E-state index is 13.7. The number of nitrogens with one attached hydrogen (secondary N) is 1. The van der Waals surface area contributed by atoms with E-state index in [0.29, 0.717) is 12.8 Å². The van der Waals surface area contributed by atoms with Gasteiger partial charge in [-0.15, -0.1) is 11.6 Å². The molecule has 8 heteroatoms. The number of carbonyl (C=O) groups excluding carboxylic acids is 2. The van der Waals surface area contributed by atoms with Crippen LogP contribution in [0.4, 0.5) is 13.2 Å². The van der Waals surface area contributed by atoms with Crippen molar-refractivity contribution < 1.29 is 22.8 Å². The second-order valence-electron chi connectivity index (χ2n) is 5.41. The van der Waals surface area contributed by atoms with Crippen LogP contribution in [0.5, 0.6) is 0 Å². The molecule has 2 amide bonds. The molecular formula is C15H16ClF3N2O2. The van der Waals surface area contributed by atoms with Crippen molar-refractivity contribution in [2.24, 2.45) is 0 Å². The SMILES string of the molecule is CC(Cl)C(=O)NC1CCN(C(=O)c2ccc(F)c(F)c2F)CC1. The third-order valence-corrected chi connectivity index (χ3v) is 3.95. The summed E-state index contributed by atoms with van der Waals surface area (Å²) in [5.41, 5.74) is -0.499. The predicted octanol–water partition coefficient (Wildman–Crippen LogP) is 2.45. The summed E-state index contributed by atoms with van der Waals surface area (Å²) >= 11 is 5.67. The molecule has 0 aliphatic carbocycles. The fourth-order valence-electron chi connectivity index (χ4n) is 2.40. The van der Waals surface area contributed by atoms with Crippen molar-refractivity contribution in [2.45, 2.75) is 31.2 Å². The highest BCUT2D eigenvalue weighted by atomic mass is 35.5. The van der Waals surface area contributed by atoms with Gasteiger partial charge in [-0.05, 0) is 31.9 Å². The lowest BCUT2D eigenvalue weighted by Crippen LogP contribution is -2.48. The molecular weight excluding hydrogens is 333 g/mol. The topological polar surface area (TPSA) is 49.4 Å². The summed E-state index contributed by atoms with van der Waals surface area (Å²) in [6.45, 7) is 2.11. The van der Waals surface area contributed by atoms with Crippen LogP contribution < -0.4 is 5.32 Å². The Morgan fingerprint density at radius 3 is 2.39 bits per heavy atom. The van der Waals surface area contributed by atoms with E-state index in [-0.39, 0.29) is 25.0 Å². The summed E-state index contributed by atoms with van der Waals surface area (Å²) in [7, 11) is 0. The van der Waals surface area contributed by atoms with Gasteiger partial charge in [0.15, 0.2) is 17.5 Å². The zero-order valence-electron chi connectivity index (χ0n) is 12.4. The smallest absolute Gasteiger partial charge is 0.256 e. The van der Waals surface area contributed by atoms with Gasteiger partial charge in [-0.1, -0.05) is 0 Å². The van der Waals surface area contributed by atoms with E-state index in [9.17, 15) is 22.8 Å². The first kappa shape index (κ1) is 17.6. The largest absolute Gasteiger partial charge is 0.352 e. The van der Waals surface area contributed by atoms with E-state index in [4.69, 9.17) is 11.6 Å². The number of likely N-dealkylation sites (tertiary alicyclic amines) is 1. The summed E-state index contributed by atoms with van der Waals surface area (Å²) in [5.74, 6) is -5.47. The highest BCUT2D eigenvalue weighted by molar-refractivity contribution is 6.30. The van der Waals surface area contributed by atoms with Crippen molar-refractivity contribution in [1.82, 2.24) is 10.2 Å². The molecule has 0 bridgehead atoms. The Bertz CT molecular complexity index is 617. The van der Waals surface area contributed by atoms with E-state index in [0.717, 1.165) is 12.1 Å². The zero-order chi connectivity index (χ0) is 17.1. The zero-order valence-corrected chi connectivity index (χ0v) is 13.2. The quantitative estimate of drug-likeness (QED) is 0.674. The van der Waals surface area contributed by atoms with Gasteiger partial charge >= 0.3 is 0 Å². The van der Waals surface area contributed by atoms with Crippen molar-refractivity contribution in [3.63, 3.8) is 0 Å². The molecule has 0 saturated carbocycles. The van der Waals surface area contributed by atoms with E-state index < -0.39 is 34.3 Å². The normalized spacial score (nSPS) is 17.0. The molecule has 1 aliphatic heterocycles. The van der Waals surface area contributed by atoms with Crippen molar-refractivity contribution in [2.75, 3.05) is 13.1 Å². The van der Waals surface area contributed by atoms with Gasteiger partial charge in [0.25, 0.3) is 5.91 Å². The molecule has 1 aliphatic rings. The Hall–Kier alpha value is -1.76. The van der Waals surface area contributed by atoms with Gasteiger partial charge in [-0.3, -0.25) is 9.59 Å². The molecule has 1 saturated heterocycles. The first-order chi connectivity index (χ1) is 10.8. The summed E-state index contributed by atoms with van der Waals surface area (Å²) in [4.78, 5) is 25.1. The fourth-order valence-corrected chi connectivity index (χ4v) is 2.47. The first-order valence-corrected chi connectivity index (χ1v) is 7.62. The van der Waals surface area contributed by atoms with Crippen LogP contribution in [0, 0.1) is 17.5 Å². The first-order valence-electron chi connectivity index (χ1n) is 7.18. The van der Waals surface area contributed by atoms with Gasteiger partial charge in [0.2, 0.25) is 5.91 Å². The minimum Gasteiger partial charge on any atom is -0.352 e. The summed E-state index contributed by atoms with van der Waals surface area (Å²) in [5, 5.41) is 2.11. The molecule has 4 nitrogen and oxygen atoms in total. The van der Waals surface area contributed by atoms with Gasteiger partial charge in [-0.25, -0.2) is 13.2 Å². The number of hydrogen-bond acceptors (Lipinski definition) is 2. The molecule has 1 N–H and O–H groups in total. The average molecular weight is 349 g/mol. The van der Waals surface area contributed by atoms with Gasteiger partial charge < -0.3 is 10.2 Å². The van der Waals surface area contributed by atoms with Crippen LogP contribution in [0.1, 0.15) is 30.1 Å². The number of amides is 2. The van der Waals surface area contributed by atoms with Crippen LogP contribution in [-0.2, 0) is 4.79 Å². The van der Waals surface area contributed by atoms with Crippen LogP contribution in [0.25, 0.3) is 0 Å². The molecule has 1 aromatic rings. The third kappa shape index (κ3) is 3.96. The van der Waals surface area contributed by atoms with Crippen LogP contribution in [0.2, 0.25) is 0 Å². The molecule has 1 aromatic carbocycles. The highest BCUT2D eigenvalue weighted by Gasteiger charge is 2.28. The van der Waals surface area contributed by atoms with Crippen molar-refractivity contribution in [3.05, 3.63) is 35.1 Å². The van der Waals surface area contributed by atoms with Crippen molar-refractivity contribution >= 4 is 23.4 Å². The molecule has 2 rings (SSSR count). The maximum Gasteiger partial charge on any atom is 0.256 e. The van der Waals surface area contributed by atoms with Crippen molar-refractivity contribution in [3.8, 4) is 0 Å². The minimum atomic E-state index is -1.66. The molecule has 1 unspecified atom stereocenters. The van der Waals surface area contributed by atoms with Gasteiger partial charge in [0, 0.05) is 19.1 Å². The Morgan fingerprint density at radius 2 is 1.83 bits per heavy atom. The van der Waals surface area contributed by atoms with Crippen LogP contribution in [0.15, 0.2) is 12.1 Å². The van der Waals surface area contributed by atoms with Gasteiger partial charge in [-0.2, -0.15) is 0 Å². The standard InChI is InChI=1S/C15H16ClF3N2O2/c1-8(16)14(22)20-9-4-6-21(7-5-9)15(23)10-2-3-11(17)13(19)12(10)18/h2-3,8-9H,4-7H2,1H3,(H,20,22). The molecule has 0 aromatic heterocycles. The Balaban J connectivity index is 1.99. The molecule has 0 spiro atoms. The molecule has 1 atom stereocenters. The van der Waals surface area contributed by atoms with Gasteiger partial charge in [0.05, 0.1) is 5.56 Å². The Labute approximate surface area is 136 Å². The molecule has 23 heavy (non-hydrogen) atoms. The number of rotatable bonds is 3. The van der Waals surface area contributed by atoms with Crippen LogP contribution in [-0.4, -0.2) is 41.2 Å². The summed E-state index contributed by atoms with van der Waals surface area (Å²) < 4.78 is 39.8. The van der Waals surface area contributed by atoms with E-state index in [1.165, 1.54) is 4.90 Å². The van der Waals surface area contributed by atoms with Gasteiger partial charge in [0.1, 0.15) is 5.38 Å². The van der Waals surface area contributed by atoms with E-state index in [1.54, 1.807) is 6.92 Å². The average Bonchev–Trinajstić information content (AvgIpc) is 2.53. The lowest BCUT2D eigenvalue weighted by Gasteiger charge is -2.32. The summed E-state index contributed by atoms with van der Waals surface area (Å²) in [6.07, 6.45) is 0.957. The monoisotopic (exact) mass is 348 g/mol. The van der Waals surface area contributed by atoms with Crippen LogP contribution >= 0.6 is 11.6 Å². The Kier molecular flexibility index (Phi) is 5.51. The number of halogens is 4. The number of benzene rings is 1. The van der Waals surface area contributed by atoms with E-state index in [1.807, 2.05) is 0 Å². The number of hydrogen-bond donors (Lipinski definition) is 1. The number of piperidine rings is 1.